The molecule has 0 bridgehead atoms. The summed E-state index contributed by atoms with van der Waals surface area (Å²) >= 11 is 2.08. The molecule has 1 heterocycles. The highest BCUT2D eigenvalue weighted by molar-refractivity contribution is 14.1. The van der Waals surface area contributed by atoms with Crippen LogP contribution < -0.4 is 0 Å². The summed E-state index contributed by atoms with van der Waals surface area (Å²) < 4.78 is 13.9. The van der Waals surface area contributed by atoms with E-state index in [2.05, 4.69) is 27.6 Å². The van der Waals surface area contributed by atoms with Gasteiger partial charge >= 0.3 is 0 Å². The van der Waals surface area contributed by atoms with Gasteiger partial charge in [-0.1, -0.05) is 13.8 Å². The van der Waals surface area contributed by atoms with Crippen molar-refractivity contribution in [1.82, 2.24) is 4.98 Å². The van der Waals surface area contributed by atoms with Crippen LogP contribution in [-0.4, -0.2) is 10.8 Å². The van der Waals surface area contributed by atoms with Crippen molar-refractivity contribution in [2.45, 2.75) is 13.8 Å². The molecule has 84 valence electrons. The van der Waals surface area contributed by atoms with Crippen LogP contribution in [0.3, 0.4) is 0 Å². The minimum absolute atomic E-state index is 0.0565. The third-order valence-electron chi connectivity index (χ3n) is 2.47. The fourth-order valence-electron chi connectivity index (χ4n) is 1.59. The molecule has 0 amide bonds. The number of halogens is 2. The zero-order valence-corrected chi connectivity index (χ0v) is 11.1. The van der Waals surface area contributed by atoms with Crippen LogP contribution in [0.1, 0.15) is 24.3 Å². The molecule has 0 fully saturated rings. The summed E-state index contributed by atoms with van der Waals surface area (Å²) in [5.74, 6) is -0.291. The molecule has 0 atom stereocenters. The smallest absolute Gasteiger partial charge is 0.182 e. The summed E-state index contributed by atoms with van der Waals surface area (Å²) in [6.07, 6.45) is 0. The number of H-pyrrole nitrogens is 1. The minimum atomic E-state index is -0.284. The number of hydrogen-bond acceptors (Lipinski definition) is 1. The molecular weight excluding hydrogens is 320 g/mol. The van der Waals surface area contributed by atoms with Crippen molar-refractivity contribution in [1.29, 1.82) is 0 Å². The molecule has 0 saturated carbocycles. The lowest BCUT2D eigenvalue weighted by Crippen LogP contribution is -2.09. The molecule has 0 aliphatic heterocycles. The van der Waals surface area contributed by atoms with Crippen molar-refractivity contribution in [3.05, 3.63) is 33.3 Å². The summed E-state index contributed by atoms with van der Waals surface area (Å²) in [5.41, 5.74) is 1.38. The van der Waals surface area contributed by atoms with Crippen molar-refractivity contribution in [2.75, 3.05) is 0 Å². The molecule has 16 heavy (non-hydrogen) atoms. The fraction of sp³-hybridized carbons (Fsp3) is 0.250. The molecule has 0 saturated heterocycles. The number of aromatic amines is 1. The van der Waals surface area contributed by atoms with Gasteiger partial charge in [0.05, 0.1) is 5.69 Å². The molecule has 0 aliphatic carbocycles. The summed E-state index contributed by atoms with van der Waals surface area (Å²) in [5, 5.41) is 0.768. The SMILES string of the molecule is CC(C)C(=O)c1[nH]c2ccc(F)cc2c1I. The molecule has 0 aliphatic rings. The van der Waals surface area contributed by atoms with Gasteiger partial charge in [0, 0.05) is 20.4 Å². The van der Waals surface area contributed by atoms with Crippen molar-refractivity contribution in [3.8, 4) is 0 Å². The van der Waals surface area contributed by atoms with Gasteiger partial charge in [-0.05, 0) is 40.8 Å². The Balaban J connectivity index is 2.65. The Morgan fingerprint density at radius 2 is 2.12 bits per heavy atom. The molecule has 0 radical (unpaired) electrons. The fourth-order valence-corrected chi connectivity index (χ4v) is 2.44. The van der Waals surface area contributed by atoms with Crippen LogP contribution in [0.25, 0.3) is 10.9 Å². The van der Waals surface area contributed by atoms with Crippen LogP contribution in [0.5, 0.6) is 0 Å². The second-order valence-corrected chi connectivity index (χ2v) is 5.10. The maximum atomic E-state index is 13.1. The zero-order chi connectivity index (χ0) is 11.9. The molecular formula is C12H11FINO. The second-order valence-electron chi connectivity index (χ2n) is 4.02. The number of carbonyl (C=O) groups is 1. The van der Waals surface area contributed by atoms with E-state index in [0.29, 0.717) is 5.69 Å². The molecule has 2 aromatic rings. The quantitative estimate of drug-likeness (QED) is 0.660. The average molecular weight is 331 g/mol. The Bertz CT molecular complexity index is 559. The van der Waals surface area contributed by atoms with Gasteiger partial charge in [0.2, 0.25) is 0 Å². The third-order valence-corrected chi connectivity index (χ3v) is 3.59. The minimum Gasteiger partial charge on any atom is -0.351 e. The monoisotopic (exact) mass is 331 g/mol. The highest BCUT2D eigenvalue weighted by Gasteiger charge is 2.18. The summed E-state index contributed by atoms with van der Waals surface area (Å²) in [6, 6.07) is 4.49. The van der Waals surface area contributed by atoms with E-state index in [-0.39, 0.29) is 17.5 Å². The van der Waals surface area contributed by atoms with Crippen molar-refractivity contribution < 1.29 is 9.18 Å². The summed E-state index contributed by atoms with van der Waals surface area (Å²) in [6.45, 7) is 3.70. The molecule has 2 rings (SSSR count). The lowest BCUT2D eigenvalue weighted by Gasteiger charge is -2.01. The van der Waals surface area contributed by atoms with Crippen LogP contribution in [-0.2, 0) is 0 Å². The van der Waals surface area contributed by atoms with Crippen molar-refractivity contribution in [3.63, 3.8) is 0 Å². The lowest BCUT2D eigenvalue weighted by atomic mass is 10.1. The van der Waals surface area contributed by atoms with Gasteiger partial charge in [0.1, 0.15) is 5.82 Å². The van der Waals surface area contributed by atoms with Gasteiger partial charge in [0.15, 0.2) is 5.78 Å². The van der Waals surface area contributed by atoms with Crippen molar-refractivity contribution in [2.24, 2.45) is 5.92 Å². The Morgan fingerprint density at radius 1 is 1.44 bits per heavy atom. The third kappa shape index (κ3) is 1.86. The first-order chi connectivity index (χ1) is 7.50. The molecule has 2 nitrogen and oxygen atoms in total. The standard InChI is InChI=1S/C12H11FINO/c1-6(2)12(16)11-10(14)8-5-7(13)3-4-9(8)15-11/h3-6,15H,1-2H3. The van der Waals surface area contributed by atoms with Gasteiger partial charge in [-0.25, -0.2) is 4.39 Å². The molecule has 1 N–H and O–H groups in total. The Labute approximate surface area is 106 Å². The number of aromatic nitrogens is 1. The summed E-state index contributed by atoms with van der Waals surface area (Å²) in [4.78, 5) is 14.9. The highest BCUT2D eigenvalue weighted by Crippen LogP contribution is 2.26. The number of hydrogen-bond donors (Lipinski definition) is 1. The first-order valence-corrected chi connectivity index (χ1v) is 6.09. The summed E-state index contributed by atoms with van der Waals surface area (Å²) in [7, 11) is 0. The zero-order valence-electron chi connectivity index (χ0n) is 8.97. The van der Waals surface area contributed by atoms with E-state index in [1.165, 1.54) is 12.1 Å². The number of ketones is 1. The molecule has 1 aromatic heterocycles. The van der Waals surface area contributed by atoms with E-state index in [1.54, 1.807) is 6.07 Å². The normalized spacial score (nSPS) is 11.3. The first-order valence-electron chi connectivity index (χ1n) is 5.01. The average Bonchev–Trinajstić information content (AvgIpc) is 2.55. The van der Waals surface area contributed by atoms with Gasteiger partial charge in [-0.3, -0.25) is 4.79 Å². The molecule has 0 unspecified atom stereocenters. The van der Waals surface area contributed by atoms with E-state index in [4.69, 9.17) is 0 Å². The number of carbonyl (C=O) groups excluding carboxylic acids is 1. The number of Topliss-reactive ketones (excluding diaryl/α,β-unsaturated/α-hetero) is 1. The number of nitrogens with one attached hydrogen (secondary N) is 1. The maximum absolute atomic E-state index is 13.1. The highest BCUT2D eigenvalue weighted by atomic mass is 127. The predicted molar refractivity (Wildman–Crippen MR) is 70.1 cm³/mol. The second kappa shape index (κ2) is 4.16. The number of benzene rings is 1. The first kappa shape index (κ1) is 11.6. The van der Waals surface area contributed by atoms with E-state index < -0.39 is 0 Å². The topological polar surface area (TPSA) is 32.9 Å². The number of rotatable bonds is 2. The largest absolute Gasteiger partial charge is 0.351 e. The maximum Gasteiger partial charge on any atom is 0.182 e. The van der Waals surface area contributed by atoms with E-state index in [0.717, 1.165) is 14.5 Å². The van der Waals surface area contributed by atoms with Crippen molar-refractivity contribution >= 4 is 39.3 Å². The van der Waals surface area contributed by atoms with Crippen LogP contribution in [0.15, 0.2) is 18.2 Å². The van der Waals surface area contributed by atoms with Crippen LogP contribution in [0.2, 0.25) is 0 Å². The van der Waals surface area contributed by atoms with E-state index >= 15 is 0 Å². The van der Waals surface area contributed by atoms with Gasteiger partial charge in [0.25, 0.3) is 0 Å². The predicted octanol–water partition coefficient (Wildman–Crippen LogP) is 3.75. The van der Waals surface area contributed by atoms with Crippen LogP contribution >= 0.6 is 22.6 Å². The Hall–Kier alpha value is -0.910. The molecule has 1 aromatic carbocycles. The van der Waals surface area contributed by atoms with Gasteiger partial charge in [-0.15, -0.1) is 0 Å². The van der Waals surface area contributed by atoms with E-state index in [1.807, 2.05) is 13.8 Å². The van der Waals surface area contributed by atoms with Crippen LogP contribution in [0, 0.1) is 15.3 Å². The Morgan fingerprint density at radius 3 is 2.75 bits per heavy atom. The molecule has 4 heteroatoms. The van der Waals surface area contributed by atoms with Gasteiger partial charge in [-0.2, -0.15) is 0 Å². The lowest BCUT2D eigenvalue weighted by molar-refractivity contribution is 0.0934. The molecule has 0 spiro atoms. The van der Waals surface area contributed by atoms with Crippen LogP contribution in [0.4, 0.5) is 4.39 Å². The number of fused-ring (bicyclic) bond motifs is 1. The Kier molecular flexibility index (Phi) is 3.01. The van der Waals surface area contributed by atoms with E-state index in [9.17, 15) is 9.18 Å². The van der Waals surface area contributed by atoms with Gasteiger partial charge < -0.3 is 4.98 Å².